The van der Waals surface area contributed by atoms with Gasteiger partial charge in [0.15, 0.2) is 0 Å². The van der Waals surface area contributed by atoms with E-state index in [4.69, 9.17) is 5.73 Å². The molecule has 5 heteroatoms. The van der Waals surface area contributed by atoms with Gasteiger partial charge >= 0.3 is 0 Å². The lowest BCUT2D eigenvalue weighted by molar-refractivity contribution is -0.128. The first-order valence-corrected chi connectivity index (χ1v) is 7.91. The largest absolute Gasteiger partial charge is 0.350 e. The Bertz CT molecular complexity index is 442. The fraction of sp³-hybridized carbons (Fsp3) is 0.714. The van der Waals surface area contributed by atoms with E-state index in [1.54, 1.807) is 11.3 Å². The number of hydrogen-bond acceptors (Lipinski definition) is 4. The van der Waals surface area contributed by atoms with Crippen molar-refractivity contribution in [2.45, 2.75) is 58.0 Å². The van der Waals surface area contributed by atoms with Crippen LogP contribution < -0.4 is 11.1 Å². The van der Waals surface area contributed by atoms with Crippen molar-refractivity contribution in [1.82, 2.24) is 10.3 Å². The molecule has 2 rings (SSSR count). The van der Waals surface area contributed by atoms with Gasteiger partial charge in [-0.05, 0) is 26.2 Å². The molecular formula is C14H23N3OS. The van der Waals surface area contributed by atoms with E-state index in [1.807, 2.05) is 12.3 Å². The van der Waals surface area contributed by atoms with Crippen LogP contribution in [0.5, 0.6) is 0 Å². The summed E-state index contributed by atoms with van der Waals surface area (Å²) >= 11 is 1.65. The number of nitrogens with zero attached hydrogens (tertiary/aromatic N) is 1. The van der Waals surface area contributed by atoms with Gasteiger partial charge in [-0.2, -0.15) is 0 Å². The average molecular weight is 281 g/mol. The first kappa shape index (κ1) is 14.5. The van der Waals surface area contributed by atoms with Crippen LogP contribution in [0, 0.1) is 5.92 Å². The van der Waals surface area contributed by atoms with Gasteiger partial charge in [0.2, 0.25) is 5.91 Å². The molecule has 0 saturated heterocycles. The van der Waals surface area contributed by atoms with Crippen LogP contribution in [0.2, 0.25) is 0 Å². The van der Waals surface area contributed by atoms with Crippen LogP contribution in [-0.2, 0) is 17.8 Å². The fourth-order valence-electron chi connectivity index (χ4n) is 2.68. The highest BCUT2D eigenvalue weighted by molar-refractivity contribution is 7.09. The Kier molecular flexibility index (Phi) is 4.58. The van der Waals surface area contributed by atoms with Crippen LogP contribution in [-0.4, -0.2) is 16.4 Å². The number of hydrogen-bond donors (Lipinski definition) is 2. The van der Waals surface area contributed by atoms with E-state index in [2.05, 4.69) is 17.2 Å². The highest BCUT2D eigenvalue weighted by Crippen LogP contribution is 2.31. The Balaban J connectivity index is 1.90. The van der Waals surface area contributed by atoms with Crippen molar-refractivity contribution in [3.8, 4) is 0 Å². The molecule has 2 atom stereocenters. The Hall–Kier alpha value is -0.940. The topological polar surface area (TPSA) is 68.0 Å². The third-order valence-electron chi connectivity index (χ3n) is 3.92. The molecule has 1 aromatic heterocycles. The Morgan fingerprint density at radius 1 is 1.63 bits per heavy atom. The molecular weight excluding hydrogens is 258 g/mol. The summed E-state index contributed by atoms with van der Waals surface area (Å²) < 4.78 is 0. The number of carbonyl (C=O) groups is 1. The van der Waals surface area contributed by atoms with Crippen molar-refractivity contribution in [1.29, 1.82) is 0 Å². The van der Waals surface area contributed by atoms with Crippen molar-refractivity contribution in [3.05, 3.63) is 16.1 Å². The zero-order valence-corrected chi connectivity index (χ0v) is 12.6. The van der Waals surface area contributed by atoms with Crippen LogP contribution in [0.15, 0.2) is 5.38 Å². The molecule has 0 aromatic carbocycles. The van der Waals surface area contributed by atoms with Gasteiger partial charge in [0.05, 0.1) is 23.2 Å². The van der Waals surface area contributed by atoms with Gasteiger partial charge in [-0.3, -0.25) is 4.79 Å². The third kappa shape index (κ3) is 3.54. The van der Waals surface area contributed by atoms with Crippen molar-refractivity contribution in [3.63, 3.8) is 0 Å². The Labute approximate surface area is 118 Å². The van der Waals surface area contributed by atoms with Crippen LogP contribution in [0.4, 0.5) is 0 Å². The maximum Gasteiger partial charge on any atom is 0.225 e. The second-order valence-electron chi connectivity index (χ2n) is 5.61. The van der Waals surface area contributed by atoms with Gasteiger partial charge in [0, 0.05) is 10.9 Å². The molecule has 19 heavy (non-hydrogen) atoms. The van der Waals surface area contributed by atoms with E-state index in [1.165, 1.54) is 0 Å². The molecule has 0 radical (unpaired) electrons. The molecule has 1 heterocycles. The molecule has 2 unspecified atom stereocenters. The van der Waals surface area contributed by atoms with E-state index in [-0.39, 0.29) is 17.4 Å². The fourth-order valence-corrected chi connectivity index (χ4v) is 3.43. The van der Waals surface area contributed by atoms with Crippen molar-refractivity contribution < 1.29 is 4.79 Å². The molecule has 3 N–H and O–H groups in total. The van der Waals surface area contributed by atoms with Crippen molar-refractivity contribution >= 4 is 17.2 Å². The lowest BCUT2D eigenvalue weighted by Gasteiger charge is -2.37. The monoisotopic (exact) mass is 281 g/mol. The van der Waals surface area contributed by atoms with E-state index in [9.17, 15) is 4.79 Å². The summed E-state index contributed by atoms with van der Waals surface area (Å²) in [5.41, 5.74) is 6.83. The Morgan fingerprint density at radius 2 is 2.42 bits per heavy atom. The van der Waals surface area contributed by atoms with Gasteiger partial charge < -0.3 is 11.1 Å². The summed E-state index contributed by atoms with van der Waals surface area (Å²) in [7, 11) is 0. The maximum atomic E-state index is 12.2. The quantitative estimate of drug-likeness (QED) is 0.889. The van der Waals surface area contributed by atoms with Crippen molar-refractivity contribution in [2.24, 2.45) is 11.7 Å². The van der Waals surface area contributed by atoms with E-state index in [0.717, 1.165) is 42.8 Å². The standard InChI is InChI=1S/C14H23N3OS/c1-3-12-17-10(9-19-12)8-16-13(18)11-6-4-5-7-14(11,2)15/h9,11H,3-8,15H2,1-2H3,(H,16,18). The number of rotatable bonds is 4. The molecule has 1 amide bonds. The molecule has 1 aliphatic rings. The van der Waals surface area contributed by atoms with E-state index < -0.39 is 0 Å². The minimum Gasteiger partial charge on any atom is -0.350 e. The van der Waals surface area contributed by atoms with Gasteiger partial charge in [0.1, 0.15) is 0 Å². The van der Waals surface area contributed by atoms with Gasteiger partial charge in [-0.15, -0.1) is 11.3 Å². The number of aromatic nitrogens is 1. The van der Waals surface area contributed by atoms with Crippen molar-refractivity contribution in [2.75, 3.05) is 0 Å². The van der Waals surface area contributed by atoms with Crippen LogP contribution in [0.25, 0.3) is 0 Å². The number of aryl methyl sites for hydroxylation is 1. The van der Waals surface area contributed by atoms with Crippen LogP contribution in [0.3, 0.4) is 0 Å². The predicted octanol–water partition coefficient (Wildman–Crippen LogP) is 2.23. The Morgan fingerprint density at radius 3 is 3.05 bits per heavy atom. The number of nitrogens with one attached hydrogen (secondary N) is 1. The van der Waals surface area contributed by atoms with Gasteiger partial charge in [0.25, 0.3) is 0 Å². The first-order chi connectivity index (χ1) is 9.03. The molecule has 1 saturated carbocycles. The average Bonchev–Trinajstić information content (AvgIpc) is 2.83. The lowest BCUT2D eigenvalue weighted by atomic mass is 9.74. The molecule has 1 aliphatic carbocycles. The van der Waals surface area contributed by atoms with E-state index in [0.29, 0.717) is 6.54 Å². The number of nitrogens with two attached hydrogens (primary N) is 1. The summed E-state index contributed by atoms with van der Waals surface area (Å²) in [6.45, 7) is 4.60. The molecule has 1 aromatic rings. The van der Waals surface area contributed by atoms with Crippen LogP contribution in [0.1, 0.15) is 50.2 Å². The number of thiazole rings is 1. The second-order valence-corrected chi connectivity index (χ2v) is 6.55. The molecule has 4 nitrogen and oxygen atoms in total. The number of amides is 1. The summed E-state index contributed by atoms with van der Waals surface area (Å²) in [4.78, 5) is 16.7. The highest BCUT2D eigenvalue weighted by atomic mass is 32.1. The predicted molar refractivity (Wildman–Crippen MR) is 77.9 cm³/mol. The normalized spacial score (nSPS) is 27.2. The highest BCUT2D eigenvalue weighted by Gasteiger charge is 2.37. The SMILES string of the molecule is CCc1nc(CNC(=O)C2CCCCC2(C)N)cs1. The maximum absolute atomic E-state index is 12.2. The zero-order chi connectivity index (χ0) is 13.9. The van der Waals surface area contributed by atoms with Gasteiger partial charge in [-0.25, -0.2) is 4.98 Å². The second kappa shape index (κ2) is 6.01. The first-order valence-electron chi connectivity index (χ1n) is 7.03. The minimum atomic E-state index is -0.362. The van der Waals surface area contributed by atoms with E-state index >= 15 is 0 Å². The number of carbonyl (C=O) groups excluding carboxylic acids is 1. The third-order valence-corrected chi connectivity index (χ3v) is 4.96. The minimum absolute atomic E-state index is 0.0643. The lowest BCUT2D eigenvalue weighted by Crippen LogP contribution is -2.52. The summed E-state index contributed by atoms with van der Waals surface area (Å²) in [6, 6.07) is 0. The molecule has 0 aliphatic heterocycles. The molecule has 0 spiro atoms. The van der Waals surface area contributed by atoms with Crippen LogP contribution >= 0.6 is 11.3 Å². The summed E-state index contributed by atoms with van der Waals surface area (Å²) in [6.07, 6.45) is 5.00. The molecule has 0 bridgehead atoms. The van der Waals surface area contributed by atoms with Gasteiger partial charge in [-0.1, -0.05) is 19.8 Å². The smallest absolute Gasteiger partial charge is 0.225 e. The molecule has 1 fully saturated rings. The summed E-state index contributed by atoms with van der Waals surface area (Å²) in [5.74, 6) is 0.0151. The summed E-state index contributed by atoms with van der Waals surface area (Å²) in [5, 5.41) is 6.12. The zero-order valence-electron chi connectivity index (χ0n) is 11.7. The molecule has 106 valence electrons.